The molecule has 32 heavy (non-hydrogen) atoms. The predicted octanol–water partition coefficient (Wildman–Crippen LogP) is 3.32. The van der Waals surface area contributed by atoms with Gasteiger partial charge < -0.3 is 14.5 Å². The molecule has 1 fully saturated rings. The Morgan fingerprint density at radius 3 is 2.53 bits per heavy atom. The van der Waals surface area contributed by atoms with Crippen LogP contribution in [0.3, 0.4) is 0 Å². The van der Waals surface area contributed by atoms with Crippen molar-refractivity contribution in [2.24, 2.45) is 10.9 Å². The van der Waals surface area contributed by atoms with Gasteiger partial charge in [-0.15, -0.1) is 0 Å². The van der Waals surface area contributed by atoms with Gasteiger partial charge in [0.05, 0.1) is 23.3 Å². The van der Waals surface area contributed by atoms with E-state index >= 15 is 0 Å². The number of amides is 2. The fourth-order valence-corrected chi connectivity index (χ4v) is 4.89. The van der Waals surface area contributed by atoms with E-state index in [0.29, 0.717) is 24.3 Å². The van der Waals surface area contributed by atoms with Crippen LogP contribution in [0.5, 0.6) is 0 Å². The molecule has 2 aromatic rings. The predicted molar refractivity (Wildman–Crippen MR) is 121 cm³/mol. The van der Waals surface area contributed by atoms with Gasteiger partial charge in [0.25, 0.3) is 5.91 Å². The standard InChI is InChI=1S/C25H31N3O4/c1-14(2)22(21-10-16(4)27-32-21)23(30)28-13-18(29)11-20(28)19-12-25(5,24(31)26-19)17-8-6-15(3)7-9-17/h6-10,14,18,20,22,29H,11-13H2,1-5H3/t18-,20+,22+,25+/m1/s1. The number of β-amino-alcohol motifs (C(OH)–C–C–N with tert-alkyl or cyclic N) is 1. The number of likely N-dealkylation sites (tertiary alicyclic amines) is 1. The van der Waals surface area contributed by atoms with Gasteiger partial charge in [0, 0.05) is 31.2 Å². The van der Waals surface area contributed by atoms with Crippen LogP contribution in [0.4, 0.5) is 0 Å². The molecule has 0 aliphatic carbocycles. The van der Waals surface area contributed by atoms with E-state index < -0.39 is 23.5 Å². The number of nitrogens with zero attached hydrogens (tertiary/aromatic N) is 3. The first-order valence-electron chi connectivity index (χ1n) is 11.2. The lowest BCUT2D eigenvalue weighted by Crippen LogP contribution is -2.44. The lowest BCUT2D eigenvalue weighted by atomic mass is 9.78. The number of benzene rings is 1. The Morgan fingerprint density at radius 1 is 1.25 bits per heavy atom. The van der Waals surface area contributed by atoms with Crippen molar-refractivity contribution in [2.45, 2.75) is 70.9 Å². The van der Waals surface area contributed by atoms with Crippen LogP contribution in [0, 0.1) is 19.8 Å². The van der Waals surface area contributed by atoms with Crippen LogP contribution < -0.4 is 0 Å². The number of hydrogen-bond acceptors (Lipinski definition) is 5. The molecule has 0 radical (unpaired) electrons. The van der Waals surface area contributed by atoms with E-state index in [1.807, 2.05) is 58.9 Å². The lowest BCUT2D eigenvalue weighted by Gasteiger charge is -2.30. The first-order chi connectivity index (χ1) is 15.1. The van der Waals surface area contributed by atoms with Gasteiger partial charge in [0.2, 0.25) is 5.91 Å². The first-order valence-corrected chi connectivity index (χ1v) is 11.2. The summed E-state index contributed by atoms with van der Waals surface area (Å²) in [6.45, 7) is 9.88. The molecule has 1 aromatic carbocycles. The van der Waals surface area contributed by atoms with Gasteiger partial charge in [-0.1, -0.05) is 48.8 Å². The first kappa shape index (κ1) is 22.4. The zero-order valence-corrected chi connectivity index (χ0v) is 19.3. The largest absolute Gasteiger partial charge is 0.391 e. The highest BCUT2D eigenvalue weighted by molar-refractivity contribution is 6.11. The van der Waals surface area contributed by atoms with Gasteiger partial charge in [-0.3, -0.25) is 9.59 Å². The average molecular weight is 438 g/mol. The van der Waals surface area contributed by atoms with Crippen LogP contribution in [0.2, 0.25) is 0 Å². The molecule has 2 aliphatic rings. The Balaban J connectivity index is 1.61. The molecule has 2 aliphatic heterocycles. The molecule has 7 heteroatoms. The highest BCUT2D eigenvalue weighted by atomic mass is 16.5. The summed E-state index contributed by atoms with van der Waals surface area (Å²) in [5.74, 6) is -0.326. The summed E-state index contributed by atoms with van der Waals surface area (Å²) in [7, 11) is 0. The SMILES string of the molecule is Cc1ccc([C@]2(C)CC([C@@H]3C[C@@H](O)CN3C(=O)[C@H](c3cc(C)no3)C(C)C)=NC2=O)cc1. The topological polar surface area (TPSA) is 96.0 Å². The van der Waals surface area contributed by atoms with Gasteiger partial charge in [-0.05, 0) is 32.3 Å². The van der Waals surface area contributed by atoms with Crippen LogP contribution in [-0.2, 0) is 15.0 Å². The van der Waals surface area contributed by atoms with Crippen molar-refractivity contribution in [3.05, 3.63) is 52.9 Å². The maximum atomic E-state index is 13.6. The molecule has 4 atom stereocenters. The van der Waals surface area contributed by atoms with Crippen molar-refractivity contribution < 1.29 is 19.2 Å². The minimum Gasteiger partial charge on any atom is -0.391 e. The van der Waals surface area contributed by atoms with Crippen molar-refractivity contribution in [3.63, 3.8) is 0 Å². The van der Waals surface area contributed by atoms with Gasteiger partial charge in [-0.2, -0.15) is 0 Å². The summed E-state index contributed by atoms with van der Waals surface area (Å²) in [5.41, 5.74) is 2.67. The van der Waals surface area contributed by atoms with E-state index in [2.05, 4.69) is 10.1 Å². The minimum absolute atomic E-state index is 0.0155. The molecule has 3 heterocycles. The third-order valence-electron chi connectivity index (χ3n) is 6.77. The van der Waals surface area contributed by atoms with Crippen LogP contribution in [0.15, 0.2) is 39.8 Å². The number of aliphatic imine (C=N–C) groups is 1. The maximum Gasteiger partial charge on any atom is 0.256 e. The fourth-order valence-electron chi connectivity index (χ4n) is 4.89. The van der Waals surface area contributed by atoms with Crippen LogP contribution >= 0.6 is 0 Å². The molecule has 0 unspecified atom stereocenters. The van der Waals surface area contributed by atoms with Crippen molar-refractivity contribution in [1.29, 1.82) is 0 Å². The van der Waals surface area contributed by atoms with Crippen molar-refractivity contribution in [1.82, 2.24) is 10.1 Å². The molecule has 170 valence electrons. The summed E-state index contributed by atoms with van der Waals surface area (Å²) < 4.78 is 5.43. The molecule has 2 amide bonds. The highest BCUT2D eigenvalue weighted by Crippen LogP contribution is 2.39. The Hall–Kier alpha value is -2.80. The van der Waals surface area contributed by atoms with Crippen molar-refractivity contribution in [3.8, 4) is 0 Å². The molecule has 0 bridgehead atoms. The van der Waals surface area contributed by atoms with E-state index in [9.17, 15) is 14.7 Å². The lowest BCUT2D eigenvalue weighted by molar-refractivity contribution is -0.134. The van der Waals surface area contributed by atoms with E-state index in [1.165, 1.54) is 0 Å². The minimum atomic E-state index is -0.759. The number of carbonyl (C=O) groups is 2. The second kappa shape index (κ2) is 8.28. The van der Waals surface area contributed by atoms with Crippen molar-refractivity contribution >= 4 is 17.5 Å². The summed E-state index contributed by atoms with van der Waals surface area (Å²) in [5, 5.41) is 14.4. The molecule has 1 N–H and O–H groups in total. The second-order valence-electron chi connectivity index (χ2n) is 9.77. The van der Waals surface area contributed by atoms with Crippen LogP contribution in [0.25, 0.3) is 0 Å². The van der Waals surface area contributed by atoms with E-state index in [1.54, 1.807) is 11.0 Å². The number of hydrogen-bond donors (Lipinski definition) is 1. The quantitative estimate of drug-likeness (QED) is 0.774. The monoisotopic (exact) mass is 437 g/mol. The molecule has 7 nitrogen and oxygen atoms in total. The number of carbonyl (C=O) groups excluding carboxylic acids is 2. The third-order valence-corrected chi connectivity index (χ3v) is 6.77. The smallest absolute Gasteiger partial charge is 0.256 e. The average Bonchev–Trinajstić information content (AvgIpc) is 3.40. The number of aliphatic hydroxyl groups is 1. The van der Waals surface area contributed by atoms with Gasteiger partial charge in [0.1, 0.15) is 11.7 Å². The number of aliphatic hydroxyl groups excluding tert-OH is 1. The van der Waals surface area contributed by atoms with Crippen LogP contribution in [-0.4, -0.2) is 51.4 Å². The van der Waals surface area contributed by atoms with Gasteiger partial charge in [-0.25, -0.2) is 4.99 Å². The van der Waals surface area contributed by atoms with E-state index in [4.69, 9.17) is 4.52 Å². The number of aromatic nitrogens is 1. The Bertz CT molecular complexity index is 1060. The van der Waals surface area contributed by atoms with Crippen LogP contribution in [0.1, 0.15) is 62.1 Å². The zero-order chi connectivity index (χ0) is 23.2. The Kier molecular flexibility index (Phi) is 5.79. The number of aryl methyl sites for hydroxylation is 2. The molecular formula is C25H31N3O4. The molecule has 0 saturated carbocycles. The van der Waals surface area contributed by atoms with E-state index in [-0.39, 0.29) is 24.3 Å². The Morgan fingerprint density at radius 2 is 1.94 bits per heavy atom. The summed E-state index contributed by atoms with van der Waals surface area (Å²) in [6.07, 6.45) is 0.156. The second-order valence-corrected chi connectivity index (χ2v) is 9.77. The molecular weight excluding hydrogens is 406 g/mol. The van der Waals surface area contributed by atoms with Crippen molar-refractivity contribution in [2.75, 3.05) is 6.54 Å². The molecule has 1 saturated heterocycles. The summed E-state index contributed by atoms with van der Waals surface area (Å²) in [6, 6.07) is 9.31. The molecule has 4 rings (SSSR count). The van der Waals surface area contributed by atoms with E-state index in [0.717, 1.165) is 16.8 Å². The fraction of sp³-hybridized carbons (Fsp3) is 0.520. The highest BCUT2D eigenvalue weighted by Gasteiger charge is 2.48. The summed E-state index contributed by atoms with van der Waals surface area (Å²) in [4.78, 5) is 32.7. The number of rotatable bonds is 5. The molecule has 1 aromatic heterocycles. The zero-order valence-electron chi connectivity index (χ0n) is 19.3. The van der Waals surface area contributed by atoms with Gasteiger partial charge >= 0.3 is 0 Å². The molecule has 0 spiro atoms. The Labute approximate surface area is 188 Å². The summed E-state index contributed by atoms with van der Waals surface area (Å²) >= 11 is 0. The normalized spacial score (nSPS) is 26.7. The third kappa shape index (κ3) is 3.90. The maximum absolute atomic E-state index is 13.6. The van der Waals surface area contributed by atoms with Gasteiger partial charge in [0.15, 0.2) is 0 Å².